The smallest absolute Gasteiger partial charge is 0.309 e. The predicted octanol–water partition coefficient (Wildman–Crippen LogP) is 2.43. The Hall–Kier alpha value is -2.61. The fourth-order valence-electron chi connectivity index (χ4n) is 5.38. The number of hydrogen-bond acceptors (Lipinski definition) is 11. The third-order valence-corrected chi connectivity index (χ3v) is 8.26. The van der Waals surface area contributed by atoms with Gasteiger partial charge in [0, 0.05) is 25.9 Å². The largest absolute Gasteiger partial charge is 0.483 e. The van der Waals surface area contributed by atoms with Crippen molar-refractivity contribution in [2.45, 2.75) is 128 Å². The lowest BCUT2D eigenvalue weighted by Gasteiger charge is -2.32. The van der Waals surface area contributed by atoms with Crippen molar-refractivity contribution in [1.29, 1.82) is 0 Å². The lowest BCUT2D eigenvalue weighted by Crippen LogP contribution is -2.49. The lowest BCUT2D eigenvalue weighted by molar-refractivity contribution is -0.157. The molecule has 44 heavy (non-hydrogen) atoms. The summed E-state index contributed by atoms with van der Waals surface area (Å²) >= 11 is 0. The highest BCUT2D eigenvalue weighted by molar-refractivity contribution is 5.70. The van der Waals surface area contributed by atoms with Crippen molar-refractivity contribution in [3.05, 3.63) is 36.0 Å². The third-order valence-electron chi connectivity index (χ3n) is 8.26. The first kappa shape index (κ1) is 39.4. The SMILES string of the molecule is CC[C@H](OC)[C@@H](C)[C@H]1O[C@@H]1C(N)C(C)(O)/C=C/C=C(\C)[C@@H]1OC(=O)C[C@H](O)CC[C@@](C)(O)[C@@H](OC(C)=O)/C=C/[C@@H]1C.O=CO. The van der Waals surface area contributed by atoms with Crippen molar-refractivity contribution >= 4 is 18.4 Å². The van der Waals surface area contributed by atoms with Gasteiger partial charge < -0.3 is 45.1 Å². The Morgan fingerprint density at radius 1 is 1.30 bits per heavy atom. The molecule has 0 aromatic carbocycles. The molecule has 252 valence electrons. The van der Waals surface area contributed by atoms with Gasteiger partial charge in [-0.25, -0.2) is 0 Å². The molecule has 2 aliphatic rings. The maximum Gasteiger partial charge on any atom is 0.309 e. The fourth-order valence-corrected chi connectivity index (χ4v) is 5.38. The van der Waals surface area contributed by atoms with E-state index < -0.39 is 47.5 Å². The number of esters is 2. The molecule has 12 heteroatoms. The number of allylic oxidation sites excluding steroid dienone is 2. The Labute approximate surface area is 260 Å². The topological polar surface area (TPSA) is 198 Å². The van der Waals surface area contributed by atoms with Crippen LogP contribution in [0.2, 0.25) is 0 Å². The summed E-state index contributed by atoms with van der Waals surface area (Å²) in [6.07, 6.45) is 6.13. The molecule has 0 aromatic rings. The number of epoxide rings is 1. The normalized spacial score (nSPS) is 34.0. The first-order valence-electron chi connectivity index (χ1n) is 15.0. The van der Waals surface area contributed by atoms with Gasteiger partial charge >= 0.3 is 11.9 Å². The van der Waals surface area contributed by atoms with Gasteiger partial charge in [-0.05, 0) is 51.7 Å². The van der Waals surface area contributed by atoms with E-state index in [-0.39, 0.29) is 55.9 Å². The summed E-state index contributed by atoms with van der Waals surface area (Å²) in [5, 5.41) is 39.3. The minimum absolute atomic E-state index is 0.0458. The number of carbonyl (C=O) groups is 3. The number of hydrogen-bond donors (Lipinski definition) is 5. The number of carboxylic acid groups (broad SMARTS) is 1. The summed E-state index contributed by atoms with van der Waals surface area (Å²) in [5.74, 6) is -1.35. The molecule has 11 atom stereocenters. The first-order chi connectivity index (χ1) is 20.4. The summed E-state index contributed by atoms with van der Waals surface area (Å²) in [6.45, 7) is 11.9. The van der Waals surface area contributed by atoms with Crippen LogP contribution in [0.1, 0.15) is 74.1 Å². The average molecular weight is 628 g/mol. The molecule has 2 aliphatic heterocycles. The maximum absolute atomic E-state index is 12.7. The van der Waals surface area contributed by atoms with Gasteiger partial charge in [0.15, 0.2) is 0 Å². The second-order valence-corrected chi connectivity index (χ2v) is 12.2. The van der Waals surface area contributed by atoms with Gasteiger partial charge in [0.2, 0.25) is 0 Å². The van der Waals surface area contributed by atoms with E-state index in [0.29, 0.717) is 5.57 Å². The highest BCUT2D eigenvalue weighted by atomic mass is 16.6. The molecular weight excluding hydrogens is 574 g/mol. The summed E-state index contributed by atoms with van der Waals surface area (Å²) in [7, 11) is 1.68. The van der Waals surface area contributed by atoms with Gasteiger partial charge in [0.1, 0.15) is 23.9 Å². The molecule has 2 unspecified atom stereocenters. The predicted molar refractivity (Wildman–Crippen MR) is 163 cm³/mol. The van der Waals surface area contributed by atoms with E-state index in [0.717, 1.165) is 6.42 Å². The maximum atomic E-state index is 12.7. The van der Waals surface area contributed by atoms with Gasteiger partial charge in [-0.2, -0.15) is 0 Å². The molecule has 1 fully saturated rings. The molecule has 2 heterocycles. The Morgan fingerprint density at radius 2 is 1.91 bits per heavy atom. The molecular formula is C32H53NO11. The van der Waals surface area contributed by atoms with E-state index in [1.54, 1.807) is 51.3 Å². The van der Waals surface area contributed by atoms with Crippen LogP contribution in [0.25, 0.3) is 0 Å². The van der Waals surface area contributed by atoms with Gasteiger partial charge in [0.05, 0.1) is 36.4 Å². The van der Waals surface area contributed by atoms with Crippen LogP contribution in [0, 0.1) is 11.8 Å². The van der Waals surface area contributed by atoms with Crippen LogP contribution in [0.5, 0.6) is 0 Å². The molecule has 0 aromatic heterocycles. The van der Waals surface area contributed by atoms with Gasteiger partial charge in [-0.1, -0.05) is 45.1 Å². The van der Waals surface area contributed by atoms with Crippen molar-refractivity contribution in [3.8, 4) is 0 Å². The van der Waals surface area contributed by atoms with E-state index in [1.165, 1.54) is 13.8 Å². The number of methoxy groups -OCH3 is 1. The van der Waals surface area contributed by atoms with Crippen molar-refractivity contribution in [2.24, 2.45) is 17.6 Å². The zero-order valence-corrected chi connectivity index (χ0v) is 27.2. The Morgan fingerprint density at radius 3 is 2.45 bits per heavy atom. The van der Waals surface area contributed by atoms with E-state index in [9.17, 15) is 24.9 Å². The molecule has 2 rings (SSSR count). The minimum atomic E-state index is -1.44. The van der Waals surface area contributed by atoms with Crippen LogP contribution >= 0.6 is 0 Å². The number of rotatable bonds is 10. The van der Waals surface area contributed by atoms with Crippen LogP contribution in [0.4, 0.5) is 0 Å². The van der Waals surface area contributed by atoms with Crippen molar-refractivity contribution in [1.82, 2.24) is 0 Å². The first-order valence-corrected chi connectivity index (χ1v) is 15.0. The zero-order valence-electron chi connectivity index (χ0n) is 27.2. The van der Waals surface area contributed by atoms with Crippen LogP contribution in [0.15, 0.2) is 36.0 Å². The van der Waals surface area contributed by atoms with E-state index in [2.05, 4.69) is 13.8 Å². The van der Waals surface area contributed by atoms with Crippen molar-refractivity contribution in [3.63, 3.8) is 0 Å². The second kappa shape index (κ2) is 17.8. The van der Waals surface area contributed by atoms with Crippen LogP contribution in [-0.4, -0.2) is 99.8 Å². The molecule has 6 N–H and O–H groups in total. The molecule has 0 amide bonds. The average Bonchev–Trinajstić information content (AvgIpc) is 3.73. The molecule has 0 saturated carbocycles. The fraction of sp³-hybridized carbons (Fsp3) is 0.719. The van der Waals surface area contributed by atoms with E-state index in [4.69, 9.17) is 34.6 Å². The van der Waals surface area contributed by atoms with Gasteiger partial charge in [-0.15, -0.1) is 0 Å². The monoisotopic (exact) mass is 627 g/mol. The molecule has 1 saturated heterocycles. The number of aliphatic hydroxyl groups is 3. The van der Waals surface area contributed by atoms with E-state index in [1.807, 2.05) is 6.92 Å². The summed E-state index contributed by atoms with van der Waals surface area (Å²) < 4.78 is 22.5. The Kier molecular flexibility index (Phi) is 15.9. The quantitative estimate of drug-likeness (QED) is 0.0781. The highest BCUT2D eigenvalue weighted by Gasteiger charge is 2.52. The number of ether oxygens (including phenoxy) is 4. The Bertz CT molecular complexity index is 1020. The molecule has 0 spiro atoms. The Balaban J connectivity index is 0.00000309. The molecule has 0 bridgehead atoms. The highest BCUT2D eigenvalue weighted by Crippen LogP contribution is 2.37. The summed E-state index contributed by atoms with van der Waals surface area (Å²) in [5.41, 5.74) is 4.27. The number of cyclic esters (lactones) is 1. The standard InChI is InChI=1S/C31H51NO9.CH2O2/c1-9-23(38-8)20(4)27-28(41-27)29(32)31(7,37)15-10-11-18(2)26-19(3)12-13-24(39-21(5)33)30(6,36)16-14-22(34)17-25(35)40-26;2-1-3/h10-13,15,19-20,22-24,26-29,34,36-37H,9,14,16-17,32H2,1-8H3;1H,(H,2,3)/b13-12+,15-10+,18-11+;/t19-,20+,22+,23-,24-,26-,27+,28-,29?,30+,31?;/m0./s1. The van der Waals surface area contributed by atoms with Crippen LogP contribution < -0.4 is 5.73 Å². The van der Waals surface area contributed by atoms with Gasteiger partial charge in [0.25, 0.3) is 6.47 Å². The number of nitrogens with two attached hydrogens (primary N) is 1. The lowest BCUT2D eigenvalue weighted by atomic mass is 9.87. The number of aliphatic hydroxyl groups excluding tert-OH is 1. The molecule has 12 nitrogen and oxygen atoms in total. The van der Waals surface area contributed by atoms with Crippen molar-refractivity contribution < 1.29 is 53.8 Å². The third kappa shape index (κ3) is 12.1. The number of carbonyl (C=O) groups excluding carboxylic acids is 2. The minimum Gasteiger partial charge on any atom is -0.483 e. The van der Waals surface area contributed by atoms with Crippen molar-refractivity contribution in [2.75, 3.05) is 7.11 Å². The van der Waals surface area contributed by atoms with Crippen LogP contribution in [0.3, 0.4) is 0 Å². The van der Waals surface area contributed by atoms with Crippen LogP contribution in [-0.2, 0) is 33.3 Å². The summed E-state index contributed by atoms with van der Waals surface area (Å²) in [4.78, 5) is 32.7. The molecule has 0 aliphatic carbocycles. The summed E-state index contributed by atoms with van der Waals surface area (Å²) in [6, 6.07) is -0.664. The second-order valence-electron chi connectivity index (χ2n) is 12.2. The molecule has 0 radical (unpaired) electrons. The van der Waals surface area contributed by atoms with Gasteiger partial charge in [-0.3, -0.25) is 14.4 Å². The van der Waals surface area contributed by atoms with E-state index >= 15 is 0 Å². The zero-order chi connectivity index (χ0) is 33.8.